The van der Waals surface area contributed by atoms with Crippen LogP contribution >= 0.6 is 0 Å². The van der Waals surface area contributed by atoms with Crippen molar-refractivity contribution in [3.63, 3.8) is 0 Å². The van der Waals surface area contributed by atoms with Crippen molar-refractivity contribution in [3.8, 4) is 17.5 Å². The van der Waals surface area contributed by atoms with Gasteiger partial charge < -0.3 is 10.2 Å². The van der Waals surface area contributed by atoms with Crippen LogP contribution in [0.15, 0.2) is 60.7 Å². The lowest BCUT2D eigenvalue weighted by Crippen LogP contribution is -2.35. The fourth-order valence-electron chi connectivity index (χ4n) is 3.60. The Morgan fingerprint density at radius 1 is 1.07 bits per heavy atom. The summed E-state index contributed by atoms with van der Waals surface area (Å²) in [5.41, 5.74) is 2.32. The summed E-state index contributed by atoms with van der Waals surface area (Å²) in [6.45, 7) is 4.29. The molecule has 2 heterocycles. The second-order valence-electron chi connectivity index (χ2n) is 7.28. The number of para-hydroxylation sites is 1. The monoisotopic (exact) mass is 369 g/mol. The van der Waals surface area contributed by atoms with Crippen molar-refractivity contribution in [2.24, 2.45) is 5.92 Å². The Morgan fingerprint density at radius 3 is 2.64 bits per heavy atom. The minimum absolute atomic E-state index is 0.593. The van der Waals surface area contributed by atoms with Crippen molar-refractivity contribution in [2.45, 2.75) is 19.8 Å². The first-order valence-electron chi connectivity index (χ1n) is 9.68. The van der Waals surface area contributed by atoms with E-state index in [1.165, 1.54) is 12.8 Å². The Kier molecular flexibility index (Phi) is 5.20. The van der Waals surface area contributed by atoms with Crippen LogP contribution in [0, 0.1) is 17.2 Å². The van der Waals surface area contributed by atoms with Gasteiger partial charge in [-0.25, -0.2) is 9.97 Å². The molecule has 1 atom stereocenters. The number of nitrogens with one attached hydrogen (secondary N) is 1. The molecule has 1 aromatic heterocycles. The highest BCUT2D eigenvalue weighted by molar-refractivity contribution is 5.68. The van der Waals surface area contributed by atoms with Gasteiger partial charge in [-0.2, -0.15) is 5.26 Å². The zero-order chi connectivity index (χ0) is 19.3. The van der Waals surface area contributed by atoms with E-state index in [1.54, 1.807) is 6.07 Å². The molecule has 1 fully saturated rings. The molecule has 3 aromatic rings. The summed E-state index contributed by atoms with van der Waals surface area (Å²) < 4.78 is 0. The van der Waals surface area contributed by atoms with Gasteiger partial charge in [0.15, 0.2) is 5.82 Å². The van der Waals surface area contributed by atoms with E-state index in [-0.39, 0.29) is 0 Å². The second kappa shape index (κ2) is 8.10. The van der Waals surface area contributed by atoms with Gasteiger partial charge >= 0.3 is 0 Å². The number of nitriles is 1. The van der Waals surface area contributed by atoms with Crippen LogP contribution in [0.3, 0.4) is 0 Å². The number of piperidine rings is 1. The van der Waals surface area contributed by atoms with Crippen LogP contribution in [0.4, 0.5) is 17.3 Å². The molecular formula is C23H23N5. The summed E-state index contributed by atoms with van der Waals surface area (Å²) in [5.74, 6) is 2.97. The quantitative estimate of drug-likeness (QED) is 0.701. The Morgan fingerprint density at radius 2 is 1.86 bits per heavy atom. The number of hydrogen-bond acceptors (Lipinski definition) is 5. The van der Waals surface area contributed by atoms with Crippen LogP contribution < -0.4 is 10.2 Å². The number of anilines is 3. The molecule has 28 heavy (non-hydrogen) atoms. The molecule has 1 saturated heterocycles. The van der Waals surface area contributed by atoms with Crippen molar-refractivity contribution in [1.82, 2.24) is 9.97 Å². The number of benzene rings is 2. The van der Waals surface area contributed by atoms with E-state index >= 15 is 0 Å². The molecule has 1 unspecified atom stereocenters. The van der Waals surface area contributed by atoms with Crippen molar-refractivity contribution < 1.29 is 0 Å². The third kappa shape index (κ3) is 3.96. The molecule has 0 aliphatic carbocycles. The van der Waals surface area contributed by atoms with Gasteiger partial charge in [0.2, 0.25) is 0 Å². The van der Waals surface area contributed by atoms with E-state index in [4.69, 9.17) is 9.97 Å². The minimum atomic E-state index is 0.593. The van der Waals surface area contributed by atoms with Crippen LogP contribution in [0.1, 0.15) is 25.3 Å². The van der Waals surface area contributed by atoms with Gasteiger partial charge in [0.05, 0.1) is 11.3 Å². The average Bonchev–Trinajstić information content (AvgIpc) is 2.74. The maximum atomic E-state index is 9.39. The van der Waals surface area contributed by atoms with Gasteiger partial charge in [0.25, 0.3) is 0 Å². The summed E-state index contributed by atoms with van der Waals surface area (Å²) in [7, 11) is 0. The third-order valence-corrected chi connectivity index (χ3v) is 5.04. The smallest absolute Gasteiger partial charge is 0.163 e. The first-order valence-corrected chi connectivity index (χ1v) is 9.68. The van der Waals surface area contributed by atoms with Crippen molar-refractivity contribution in [2.75, 3.05) is 23.3 Å². The Balaban J connectivity index is 1.74. The van der Waals surface area contributed by atoms with Crippen LogP contribution in [0.5, 0.6) is 0 Å². The molecule has 1 aliphatic heterocycles. The van der Waals surface area contributed by atoms with E-state index in [1.807, 2.05) is 54.6 Å². The maximum absolute atomic E-state index is 9.39. The summed E-state index contributed by atoms with van der Waals surface area (Å²) in [5, 5.41) is 12.7. The van der Waals surface area contributed by atoms with Crippen molar-refractivity contribution in [1.29, 1.82) is 5.26 Å². The predicted molar refractivity (Wildman–Crippen MR) is 113 cm³/mol. The lowest BCUT2D eigenvalue weighted by Gasteiger charge is -2.32. The molecule has 0 saturated carbocycles. The molecule has 1 aliphatic rings. The van der Waals surface area contributed by atoms with Crippen LogP contribution in [0.25, 0.3) is 11.4 Å². The topological polar surface area (TPSA) is 64.8 Å². The van der Waals surface area contributed by atoms with E-state index < -0.39 is 0 Å². The molecule has 140 valence electrons. The lowest BCUT2D eigenvalue weighted by molar-refractivity contribution is 0.444. The fourth-order valence-corrected chi connectivity index (χ4v) is 3.60. The molecule has 0 bridgehead atoms. The largest absolute Gasteiger partial charge is 0.356 e. The summed E-state index contributed by atoms with van der Waals surface area (Å²) in [6, 6.07) is 21.7. The van der Waals surface area contributed by atoms with Crippen molar-refractivity contribution in [3.05, 3.63) is 66.2 Å². The first-order chi connectivity index (χ1) is 13.7. The Hall–Kier alpha value is -3.39. The predicted octanol–water partition coefficient (Wildman–Crippen LogP) is 5.00. The van der Waals surface area contributed by atoms with E-state index in [0.29, 0.717) is 23.1 Å². The highest BCUT2D eigenvalue weighted by Gasteiger charge is 2.19. The second-order valence-corrected chi connectivity index (χ2v) is 7.28. The van der Waals surface area contributed by atoms with E-state index in [0.717, 1.165) is 30.2 Å². The number of rotatable bonds is 4. The van der Waals surface area contributed by atoms with Crippen LogP contribution in [0.2, 0.25) is 0 Å². The highest BCUT2D eigenvalue weighted by atomic mass is 15.2. The van der Waals surface area contributed by atoms with Gasteiger partial charge in [-0.3, -0.25) is 0 Å². The molecule has 0 spiro atoms. The van der Waals surface area contributed by atoms with Gasteiger partial charge in [0.1, 0.15) is 17.7 Å². The third-order valence-electron chi connectivity index (χ3n) is 5.04. The Bertz CT molecular complexity index is 993. The molecule has 2 aromatic carbocycles. The molecule has 4 rings (SSSR count). The minimum Gasteiger partial charge on any atom is -0.356 e. The van der Waals surface area contributed by atoms with E-state index in [2.05, 4.69) is 23.2 Å². The number of aromatic nitrogens is 2. The molecule has 0 amide bonds. The van der Waals surface area contributed by atoms with Gasteiger partial charge in [-0.1, -0.05) is 49.4 Å². The molecular weight excluding hydrogens is 346 g/mol. The first kappa shape index (κ1) is 18.0. The van der Waals surface area contributed by atoms with Crippen LogP contribution in [-0.2, 0) is 0 Å². The average molecular weight is 369 g/mol. The Labute approximate surface area is 165 Å². The normalized spacial score (nSPS) is 16.4. The SMILES string of the molecule is CC1CCCN(c2cc(Nc3ccccc3C#N)nc(-c3ccccc3)n2)C1. The fraction of sp³-hybridized carbons (Fsp3) is 0.261. The summed E-state index contributed by atoms with van der Waals surface area (Å²) >= 11 is 0. The number of nitrogens with zero attached hydrogens (tertiary/aromatic N) is 4. The highest BCUT2D eigenvalue weighted by Crippen LogP contribution is 2.28. The molecule has 5 heteroatoms. The van der Waals surface area contributed by atoms with Gasteiger partial charge in [-0.05, 0) is 30.9 Å². The molecule has 5 nitrogen and oxygen atoms in total. The zero-order valence-electron chi connectivity index (χ0n) is 16.0. The molecule has 1 N–H and O–H groups in total. The lowest BCUT2D eigenvalue weighted by atomic mass is 10.0. The molecule has 0 radical (unpaired) electrons. The van der Waals surface area contributed by atoms with E-state index in [9.17, 15) is 5.26 Å². The van der Waals surface area contributed by atoms with Gasteiger partial charge in [0, 0.05) is 24.7 Å². The standard InChI is InChI=1S/C23H23N5/c1-17-8-7-13-28(16-17)22-14-21(25-20-12-6-5-11-19(20)15-24)26-23(27-22)18-9-3-2-4-10-18/h2-6,9-12,14,17H,7-8,13,16H2,1H3,(H,25,26,27). The zero-order valence-corrected chi connectivity index (χ0v) is 16.0. The summed E-state index contributed by atoms with van der Waals surface area (Å²) in [4.78, 5) is 11.9. The van der Waals surface area contributed by atoms with Crippen LogP contribution in [-0.4, -0.2) is 23.1 Å². The van der Waals surface area contributed by atoms with Crippen molar-refractivity contribution >= 4 is 17.3 Å². The summed E-state index contributed by atoms with van der Waals surface area (Å²) in [6.07, 6.45) is 2.43. The maximum Gasteiger partial charge on any atom is 0.163 e. The number of hydrogen-bond donors (Lipinski definition) is 1. The van der Waals surface area contributed by atoms with Gasteiger partial charge in [-0.15, -0.1) is 0 Å².